The van der Waals surface area contributed by atoms with Crippen LogP contribution in [0.5, 0.6) is 11.5 Å². The Labute approximate surface area is 345 Å². The van der Waals surface area contributed by atoms with Crippen molar-refractivity contribution in [3.63, 3.8) is 0 Å². The first-order valence-electron chi connectivity index (χ1n) is 21.2. The molecule has 6 aromatic carbocycles. The largest absolute Gasteiger partial charge is 0.457 e. The first kappa shape index (κ1) is 36.9. The van der Waals surface area contributed by atoms with Crippen LogP contribution in [0.4, 0.5) is 0 Å². The molecule has 0 saturated heterocycles. The highest BCUT2D eigenvalue weighted by Crippen LogP contribution is 2.44. The Morgan fingerprint density at radius 1 is 0.407 bits per heavy atom. The van der Waals surface area contributed by atoms with Gasteiger partial charge in [-0.3, -0.25) is 8.80 Å². The third kappa shape index (κ3) is 5.81. The normalized spacial score (nSPS) is 12.3. The fraction of sp³-hybridized carbons (Fsp3) is 0.222. The molecule has 0 radical (unpaired) electrons. The van der Waals surface area contributed by atoms with E-state index in [-0.39, 0.29) is 0 Å². The van der Waals surface area contributed by atoms with Crippen LogP contribution in [0.15, 0.2) is 134 Å². The van der Waals surface area contributed by atoms with Crippen LogP contribution in [0.3, 0.4) is 0 Å². The van der Waals surface area contributed by atoms with E-state index in [1.165, 1.54) is 66.3 Å². The first-order valence-corrected chi connectivity index (χ1v) is 21.2. The van der Waals surface area contributed by atoms with Gasteiger partial charge in [-0.2, -0.15) is 0 Å². The van der Waals surface area contributed by atoms with E-state index < -0.39 is 0 Å². The maximum Gasteiger partial charge on any atom is 0.145 e. The van der Waals surface area contributed by atoms with Crippen LogP contribution in [0, 0.1) is 0 Å². The molecule has 0 aliphatic carbocycles. The van der Waals surface area contributed by atoms with E-state index >= 15 is 0 Å². The molecule has 4 heterocycles. The maximum atomic E-state index is 6.75. The van der Waals surface area contributed by atoms with E-state index in [0.29, 0.717) is 23.7 Å². The molecule has 10 rings (SSSR count). The Morgan fingerprint density at radius 2 is 0.780 bits per heavy atom. The van der Waals surface area contributed by atoms with Crippen LogP contribution in [-0.2, 0) is 0 Å². The molecule has 0 bridgehead atoms. The second kappa shape index (κ2) is 14.1. The lowest BCUT2D eigenvalue weighted by molar-refractivity contribution is 0.484. The number of nitrogens with zero attached hydrogens (tertiary/aromatic N) is 4. The second-order valence-electron chi connectivity index (χ2n) is 17.4. The van der Waals surface area contributed by atoms with Gasteiger partial charge in [0, 0.05) is 57.5 Å². The van der Waals surface area contributed by atoms with Crippen molar-refractivity contribution in [1.29, 1.82) is 0 Å². The molecule has 0 fully saturated rings. The van der Waals surface area contributed by atoms with Crippen LogP contribution >= 0.6 is 0 Å². The Hall–Kier alpha value is -6.46. The number of aromatic nitrogens is 4. The number of para-hydroxylation sites is 2. The van der Waals surface area contributed by atoms with Crippen LogP contribution in [0.1, 0.15) is 101 Å². The molecule has 0 unspecified atom stereocenters. The molecule has 59 heavy (non-hydrogen) atoms. The third-order valence-electron chi connectivity index (χ3n) is 12.4. The molecule has 0 aliphatic heterocycles. The van der Waals surface area contributed by atoms with Crippen molar-refractivity contribution >= 4 is 54.6 Å². The summed E-state index contributed by atoms with van der Waals surface area (Å²) >= 11 is 0. The molecule has 5 nitrogen and oxygen atoms in total. The quantitative estimate of drug-likeness (QED) is 0.145. The number of hydrogen-bond acceptors (Lipinski definition) is 3. The molecule has 0 spiro atoms. The molecule has 0 saturated carbocycles. The number of hydrogen-bond donors (Lipinski definition) is 0. The van der Waals surface area contributed by atoms with Crippen LogP contribution < -0.4 is 4.74 Å². The first-order chi connectivity index (χ1) is 28.6. The van der Waals surface area contributed by atoms with Gasteiger partial charge in [-0.1, -0.05) is 128 Å². The molecule has 0 atom stereocenters. The Kier molecular flexibility index (Phi) is 8.82. The predicted molar refractivity (Wildman–Crippen MR) is 248 cm³/mol. The summed E-state index contributed by atoms with van der Waals surface area (Å²) in [6.07, 6.45) is 8.02. The summed E-state index contributed by atoms with van der Waals surface area (Å²) in [6, 6.07) is 39.9. The molecule has 0 N–H and O–H groups in total. The SMILES string of the molecule is CC(C)c1cccc(C(C)C)c1-c1cccc2c3ccc(Oc4ccc5c(c4)c4nccn4c4c(-c6c(C(C)C)cccc6C(C)C)cccc54)cc3c3nccn3c12. The zero-order valence-corrected chi connectivity index (χ0v) is 35.2. The number of rotatable bonds is 8. The standard InChI is InChI=1S/C54H50N4O/c1-31(2)37-13-9-14-38(32(3)4)49(37)45-19-11-17-43-41-23-21-35(29-47(41)53-55-25-27-57(53)51(43)45)59-36-22-24-42-44-18-12-20-46(52(44)58-28-26-56-54(58)48(42)30-36)50-39(33(5)6)15-10-16-40(50)34(7)8/h9-34H,1-8H3. The highest BCUT2D eigenvalue weighted by molar-refractivity contribution is 6.17. The lowest BCUT2D eigenvalue weighted by Gasteiger charge is -2.22. The van der Waals surface area contributed by atoms with Crippen LogP contribution in [0.2, 0.25) is 0 Å². The van der Waals surface area contributed by atoms with Gasteiger partial charge < -0.3 is 4.74 Å². The molecular weight excluding hydrogens is 721 g/mol. The van der Waals surface area contributed by atoms with E-state index in [0.717, 1.165) is 44.3 Å². The summed E-state index contributed by atoms with van der Waals surface area (Å²) in [5, 5.41) is 6.80. The van der Waals surface area contributed by atoms with Crippen molar-refractivity contribution in [2.24, 2.45) is 0 Å². The minimum Gasteiger partial charge on any atom is -0.457 e. The fourth-order valence-corrected chi connectivity index (χ4v) is 9.68. The lowest BCUT2D eigenvalue weighted by Crippen LogP contribution is -2.02. The summed E-state index contributed by atoms with van der Waals surface area (Å²) in [5.74, 6) is 3.07. The summed E-state index contributed by atoms with van der Waals surface area (Å²) < 4.78 is 11.3. The van der Waals surface area contributed by atoms with E-state index in [4.69, 9.17) is 14.7 Å². The molecule has 0 aliphatic rings. The van der Waals surface area contributed by atoms with E-state index in [1.54, 1.807) is 0 Å². The average molecular weight is 771 g/mol. The van der Waals surface area contributed by atoms with Gasteiger partial charge in [0.05, 0.1) is 11.0 Å². The van der Waals surface area contributed by atoms with Crippen molar-refractivity contribution < 1.29 is 4.74 Å². The van der Waals surface area contributed by atoms with Gasteiger partial charge in [0.25, 0.3) is 0 Å². The minimum absolute atomic E-state index is 0.387. The summed E-state index contributed by atoms with van der Waals surface area (Å²) in [7, 11) is 0. The smallest absolute Gasteiger partial charge is 0.145 e. The van der Waals surface area contributed by atoms with E-state index in [1.807, 2.05) is 12.4 Å². The van der Waals surface area contributed by atoms with Crippen molar-refractivity contribution in [2.75, 3.05) is 0 Å². The van der Waals surface area contributed by atoms with Gasteiger partial charge >= 0.3 is 0 Å². The van der Waals surface area contributed by atoms with Crippen molar-refractivity contribution in [3.8, 4) is 33.8 Å². The number of fused-ring (bicyclic) bond motifs is 12. The molecular formula is C54H50N4O. The van der Waals surface area contributed by atoms with Crippen molar-refractivity contribution in [1.82, 2.24) is 18.8 Å². The highest BCUT2D eigenvalue weighted by atomic mass is 16.5. The highest BCUT2D eigenvalue weighted by Gasteiger charge is 2.23. The zero-order chi connectivity index (χ0) is 40.7. The van der Waals surface area contributed by atoms with Gasteiger partial charge in [-0.25, -0.2) is 9.97 Å². The summed E-state index contributed by atoms with van der Waals surface area (Å²) in [4.78, 5) is 9.90. The van der Waals surface area contributed by atoms with Gasteiger partial charge in [0.2, 0.25) is 0 Å². The predicted octanol–water partition coefficient (Wildman–Crippen LogP) is 15.2. The number of pyridine rings is 2. The van der Waals surface area contributed by atoms with Gasteiger partial charge in [-0.05, 0) is 104 Å². The number of ether oxygens (including phenoxy) is 1. The number of imidazole rings is 2. The average Bonchev–Trinajstić information content (AvgIpc) is 3.94. The van der Waals surface area contributed by atoms with Gasteiger partial charge in [-0.15, -0.1) is 0 Å². The fourth-order valence-electron chi connectivity index (χ4n) is 9.68. The summed E-state index contributed by atoms with van der Waals surface area (Å²) in [5.41, 5.74) is 14.8. The Balaban J connectivity index is 1.11. The van der Waals surface area contributed by atoms with Gasteiger partial charge in [0.1, 0.15) is 22.8 Å². The van der Waals surface area contributed by atoms with Crippen LogP contribution in [-0.4, -0.2) is 18.8 Å². The third-order valence-corrected chi connectivity index (χ3v) is 12.4. The molecule has 292 valence electrons. The molecule has 5 heteroatoms. The van der Waals surface area contributed by atoms with Gasteiger partial charge in [0.15, 0.2) is 0 Å². The second-order valence-corrected chi connectivity index (χ2v) is 17.4. The molecule has 4 aromatic heterocycles. The molecule has 0 amide bonds. The zero-order valence-electron chi connectivity index (χ0n) is 35.2. The minimum atomic E-state index is 0.387. The van der Waals surface area contributed by atoms with Crippen molar-refractivity contribution in [3.05, 3.63) is 156 Å². The molecule has 10 aromatic rings. The topological polar surface area (TPSA) is 43.8 Å². The van der Waals surface area contributed by atoms with E-state index in [9.17, 15) is 0 Å². The Bertz CT molecular complexity index is 3000. The maximum absolute atomic E-state index is 6.75. The van der Waals surface area contributed by atoms with E-state index in [2.05, 4.69) is 186 Å². The summed E-state index contributed by atoms with van der Waals surface area (Å²) in [6.45, 7) is 18.3. The van der Waals surface area contributed by atoms with Crippen molar-refractivity contribution in [2.45, 2.75) is 79.1 Å². The number of benzene rings is 6. The van der Waals surface area contributed by atoms with Crippen LogP contribution in [0.25, 0.3) is 76.9 Å². The Morgan fingerprint density at radius 3 is 1.15 bits per heavy atom. The monoisotopic (exact) mass is 770 g/mol. The lowest BCUT2D eigenvalue weighted by atomic mass is 9.84.